The van der Waals surface area contributed by atoms with Crippen LogP contribution in [0.2, 0.25) is 5.15 Å². The highest BCUT2D eigenvalue weighted by atomic mass is 35.5. The Morgan fingerprint density at radius 1 is 1.59 bits per heavy atom. The van der Waals surface area contributed by atoms with Crippen molar-refractivity contribution in [2.45, 2.75) is 26.2 Å². The summed E-state index contributed by atoms with van der Waals surface area (Å²) in [6, 6.07) is 3.84. The molecule has 1 fully saturated rings. The van der Waals surface area contributed by atoms with Crippen molar-refractivity contribution in [3.63, 3.8) is 0 Å². The zero-order valence-electron chi connectivity index (χ0n) is 10.0. The summed E-state index contributed by atoms with van der Waals surface area (Å²) in [7, 11) is 0. The SMILES string of the molecule is CC(=O)N1CCCC(Cc2ccc(Cl)nc2)C1. The second-order valence-corrected chi connectivity index (χ2v) is 5.05. The lowest BCUT2D eigenvalue weighted by Gasteiger charge is -2.32. The van der Waals surface area contributed by atoms with Crippen LogP contribution in [0.5, 0.6) is 0 Å². The Morgan fingerprint density at radius 3 is 3.06 bits per heavy atom. The van der Waals surface area contributed by atoms with Crippen LogP contribution in [0.15, 0.2) is 18.3 Å². The molecule has 2 rings (SSSR count). The van der Waals surface area contributed by atoms with Crippen molar-refractivity contribution >= 4 is 17.5 Å². The molecule has 3 nitrogen and oxygen atoms in total. The lowest BCUT2D eigenvalue weighted by molar-refractivity contribution is -0.130. The van der Waals surface area contributed by atoms with Gasteiger partial charge in [-0.05, 0) is 36.8 Å². The molecule has 92 valence electrons. The molecule has 2 heterocycles. The maximum Gasteiger partial charge on any atom is 0.219 e. The fourth-order valence-corrected chi connectivity index (χ4v) is 2.49. The standard InChI is InChI=1S/C13H17ClN2O/c1-10(17)16-6-2-3-12(9-16)7-11-4-5-13(14)15-8-11/h4-5,8,12H,2-3,6-7,9H2,1H3. The van der Waals surface area contributed by atoms with Crippen molar-refractivity contribution in [3.05, 3.63) is 29.0 Å². The highest BCUT2D eigenvalue weighted by molar-refractivity contribution is 6.29. The average Bonchev–Trinajstić information content (AvgIpc) is 2.32. The van der Waals surface area contributed by atoms with Gasteiger partial charge in [-0.2, -0.15) is 0 Å². The molecule has 1 atom stereocenters. The summed E-state index contributed by atoms with van der Waals surface area (Å²) in [5.41, 5.74) is 1.20. The highest BCUT2D eigenvalue weighted by Crippen LogP contribution is 2.21. The predicted molar refractivity (Wildman–Crippen MR) is 67.9 cm³/mol. The Kier molecular flexibility index (Phi) is 4.00. The molecular weight excluding hydrogens is 236 g/mol. The largest absolute Gasteiger partial charge is 0.343 e. The smallest absolute Gasteiger partial charge is 0.219 e. The number of piperidine rings is 1. The van der Waals surface area contributed by atoms with Crippen molar-refractivity contribution < 1.29 is 4.79 Å². The maximum atomic E-state index is 11.3. The van der Waals surface area contributed by atoms with Crippen molar-refractivity contribution in [1.82, 2.24) is 9.88 Å². The van der Waals surface area contributed by atoms with Crippen LogP contribution in [0.25, 0.3) is 0 Å². The van der Waals surface area contributed by atoms with Gasteiger partial charge in [0.05, 0.1) is 0 Å². The molecule has 17 heavy (non-hydrogen) atoms. The van der Waals surface area contributed by atoms with Crippen LogP contribution in [-0.4, -0.2) is 28.9 Å². The Hall–Kier alpha value is -1.09. The van der Waals surface area contributed by atoms with Gasteiger partial charge in [0.2, 0.25) is 5.91 Å². The van der Waals surface area contributed by atoms with Gasteiger partial charge in [0.15, 0.2) is 0 Å². The zero-order chi connectivity index (χ0) is 12.3. The number of amides is 1. The summed E-state index contributed by atoms with van der Waals surface area (Å²) in [5.74, 6) is 0.736. The van der Waals surface area contributed by atoms with E-state index in [4.69, 9.17) is 11.6 Å². The third-order valence-electron chi connectivity index (χ3n) is 3.28. The Labute approximate surface area is 107 Å². The fraction of sp³-hybridized carbons (Fsp3) is 0.538. The van der Waals surface area contributed by atoms with Gasteiger partial charge in [-0.25, -0.2) is 4.98 Å². The maximum absolute atomic E-state index is 11.3. The molecule has 1 unspecified atom stereocenters. The molecule has 4 heteroatoms. The Morgan fingerprint density at radius 2 is 2.41 bits per heavy atom. The lowest BCUT2D eigenvalue weighted by Crippen LogP contribution is -2.39. The summed E-state index contributed by atoms with van der Waals surface area (Å²) in [5, 5.41) is 0.530. The van der Waals surface area contributed by atoms with E-state index in [0.717, 1.165) is 25.9 Å². The van der Waals surface area contributed by atoms with Gasteiger partial charge in [-0.1, -0.05) is 17.7 Å². The van der Waals surface area contributed by atoms with Gasteiger partial charge < -0.3 is 4.90 Å². The molecule has 1 aliphatic heterocycles. The minimum Gasteiger partial charge on any atom is -0.343 e. The van der Waals surface area contributed by atoms with E-state index in [2.05, 4.69) is 4.98 Å². The monoisotopic (exact) mass is 252 g/mol. The summed E-state index contributed by atoms with van der Waals surface area (Å²) < 4.78 is 0. The Bertz CT molecular complexity index is 391. The first kappa shape index (κ1) is 12.4. The van der Waals surface area contributed by atoms with Crippen LogP contribution in [0.1, 0.15) is 25.3 Å². The van der Waals surface area contributed by atoms with Crippen molar-refractivity contribution in [2.75, 3.05) is 13.1 Å². The van der Waals surface area contributed by atoms with Crippen LogP contribution in [0.3, 0.4) is 0 Å². The van der Waals surface area contributed by atoms with Crippen LogP contribution in [0, 0.1) is 5.92 Å². The number of hydrogen-bond donors (Lipinski definition) is 0. The number of nitrogens with zero attached hydrogens (tertiary/aromatic N) is 2. The van der Waals surface area contributed by atoms with Gasteiger partial charge in [-0.15, -0.1) is 0 Å². The fourth-order valence-electron chi connectivity index (χ4n) is 2.38. The third kappa shape index (κ3) is 3.43. The first-order valence-electron chi connectivity index (χ1n) is 6.01. The van der Waals surface area contributed by atoms with Gasteiger partial charge in [0.25, 0.3) is 0 Å². The van der Waals surface area contributed by atoms with Crippen molar-refractivity contribution in [3.8, 4) is 0 Å². The van der Waals surface area contributed by atoms with E-state index in [-0.39, 0.29) is 5.91 Å². The number of pyridine rings is 1. The minimum absolute atomic E-state index is 0.184. The highest BCUT2D eigenvalue weighted by Gasteiger charge is 2.21. The molecule has 0 N–H and O–H groups in total. The second kappa shape index (κ2) is 5.50. The number of rotatable bonds is 2. The zero-order valence-corrected chi connectivity index (χ0v) is 10.8. The van der Waals surface area contributed by atoms with E-state index in [9.17, 15) is 4.79 Å². The second-order valence-electron chi connectivity index (χ2n) is 4.67. The molecule has 0 saturated carbocycles. The van der Waals surface area contributed by atoms with E-state index in [1.807, 2.05) is 23.2 Å². The summed E-state index contributed by atoms with van der Waals surface area (Å²) >= 11 is 5.76. The number of hydrogen-bond acceptors (Lipinski definition) is 2. The molecule has 0 aliphatic carbocycles. The molecule has 1 saturated heterocycles. The molecular formula is C13H17ClN2O. The van der Waals surface area contributed by atoms with Crippen molar-refractivity contribution in [2.24, 2.45) is 5.92 Å². The summed E-state index contributed by atoms with van der Waals surface area (Å²) in [6.07, 6.45) is 5.10. The van der Waals surface area contributed by atoms with E-state index >= 15 is 0 Å². The van der Waals surface area contributed by atoms with Gasteiger partial charge in [0, 0.05) is 26.2 Å². The average molecular weight is 253 g/mol. The molecule has 0 spiro atoms. The molecule has 1 amide bonds. The number of aromatic nitrogens is 1. The van der Waals surface area contributed by atoms with Crippen molar-refractivity contribution in [1.29, 1.82) is 0 Å². The number of carbonyl (C=O) groups is 1. The summed E-state index contributed by atoms with van der Waals surface area (Å²) in [4.78, 5) is 17.4. The van der Waals surface area contributed by atoms with Crippen LogP contribution in [0.4, 0.5) is 0 Å². The predicted octanol–water partition coefficient (Wildman–Crippen LogP) is 2.54. The van der Waals surface area contributed by atoms with Gasteiger partial charge in [-0.3, -0.25) is 4.79 Å². The van der Waals surface area contributed by atoms with Gasteiger partial charge in [0.1, 0.15) is 5.15 Å². The molecule has 0 radical (unpaired) electrons. The minimum atomic E-state index is 0.184. The molecule has 1 aromatic rings. The molecule has 1 aromatic heterocycles. The third-order valence-corrected chi connectivity index (χ3v) is 3.50. The lowest BCUT2D eigenvalue weighted by atomic mass is 9.92. The molecule has 0 bridgehead atoms. The topological polar surface area (TPSA) is 33.2 Å². The van der Waals surface area contributed by atoms with Crippen LogP contribution >= 0.6 is 11.6 Å². The first-order chi connectivity index (χ1) is 8.15. The normalized spacial score (nSPS) is 20.4. The Balaban J connectivity index is 1.94. The van der Waals surface area contributed by atoms with E-state index in [1.54, 1.807) is 6.92 Å². The summed E-state index contributed by atoms with van der Waals surface area (Å²) in [6.45, 7) is 3.43. The molecule has 1 aliphatic rings. The quantitative estimate of drug-likeness (QED) is 0.758. The van der Waals surface area contributed by atoms with E-state index in [0.29, 0.717) is 11.1 Å². The first-order valence-corrected chi connectivity index (χ1v) is 6.39. The van der Waals surface area contributed by atoms with E-state index in [1.165, 1.54) is 12.0 Å². The van der Waals surface area contributed by atoms with Crippen LogP contribution < -0.4 is 0 Å². The number of halogens is 1. The molecule has 0 aromatic carbocycles. The number of carbonyl (C=O) groups excluding carboxylic acids is 1. The van der Waals surface area contributed by atoms with Crippen LogP contribution in [-0.2, 0) is 11.2 Å². The van der Waals surface area contributed by atoms with Gasteiger partial charge >= 0.3 is 0 Å². The van der Waals surface area contributed by atoms with E-state index < -0.39 is 0 Å². The number of likely N-dealkylation sites (tertiary alicyclic amines) is 1.